The Morgan fingerprint density at radius 3 is 2.80 bits per heavy atom. The molecule has 0 saturated carbocycles. The van der Waals surface area contributed by atoms with E-state index < -0.39 is 0 Å². The predicted octanol–water partition coefficient (Wildman–Crippen LogP) is 4.56. The average Bonchev–Trinajstić information content (AvgIpc) is 3.18. The molecule has 0 N–H and O–H groups in total. The number of nitrogens with zero attached hydrogens (tertiary/aromatic N) is 4. The van der Waals surface area contributed by atoms with Gasteiger partial charge in [0.2, 0.25) is 4.96 Å². The number of benzene rings is 2. The highest BCUT2D eigenvalue weighted by atomic mass is 32.2. The van der Waals surface area contributed by atoms with Gasteiger partial charge < -0.3 is 4.74 Å². The zero-order valence-electron chi connectivity index (χ0n) is 14.0. The second-order valence-corrected chi connectivity index (χ2v) is 8.57. The van der Waals surface area contributed by atoms with E-state index >= 15 is 0 Å². The summed E-state index contributed by atoms with van der Waals surface area (Å²) in [5.74, 6) is 2.55. The van der Waals surface area contributed by atoms with Gasteiger partial charge in [-0.25, -0.2) is 0 Å². The third-order valence-electron chi connectivity index (χ3n) is 3.73. The van der Waals surface area contributed by atoms with Crippen molar-refractivity contribution in [3.8, 4) is 5.75 Å². The molecule has 5 nitrogen and oxygen atoms in total. The highest BCUT2D eigenvalue weighted by Crippen LogP contribution is 2.23. The van der Waals surface area contributed by atoms with E-state index in [0.717, 1.165) is 27.3 Å². The van der Waals surface area contributed by atoms with Gasteiger partial charge in [0, 0.05) is 0 Å². The van der Waals surface area contributed by atoms with Crippen LogP contribution in [-0.4, -0.2) is 25.1 Å². The molecular weight excluding hydrogens is 352 g/mol. The molecule has 0 saturated heterocycles. The van der Waals surface area contributed by atoms with Crippen LogP contribution in [0.4, 0.5) is 0 Å². The van der Waals surface area contributed by atoms with Gasteiger partial charge in [-0.2, -0.15) is 21.4 Å². The molecule has 0 atom stereocenters. The van der Waals surface area contributed by atoms with E-state index in [1.807, 2.05) is 34.5 Å². The quantitative estimate of drug-likeness (QED) is 0.498. The third-order valence-corrected chi connectivity index (χ3v) is 5.69. The minimum absolute atomic E-state index is 0.434. The smallest absolute Gasteiger partial charge is 0.234 e. The minimum atomic E-state index is 0.434. The fraction of sp³-hybridized carbons (Fsp3) is 0.278. The zero-order valence-corrected chi connectivity index (χ0v) is 15.7. The van der Waals surface area contributed by atoms with Crippen LogP contribution < -0.4 is 4.74 Å². The molecule has 0 radical (unpaired) electrons. The van der Waals surface area contributed by atoms with Gasteiger partial charge in [-0.1, -0.05) is 55.5 Å². The van der Waals surface area contributed by atoms with Crippen molar-refractivity contribution < 1.29 is 4.74 Å². The van der Waals surface area contributed by atoms with Gasteiger partial charge in [0.15, 0.2) is 10.8 Å². The monoisotopic (exact) mass is 370 g/mol. The number of fused-ring (bicyclic) bond motifs is 2. The first kappa shape index (κ1) is 16.4. The van der Waals surface area contributed by atoms with E-state index in [9.17, 15) is 0 Å². The van der Waals surface area contributed by atoms with Gasteiger partial charge in [0.05, 0.1) is 5.75 Å². The normalized spacial score (nSPS) is 11.6. The molecular formula is C18H18N4OS2. The molecule has 4 aromatic rings. The summed E-state index contributed by atoms with van der Waals surface area (Å²) in [6, 6.07) is 14.4. The van der Waals surface area contributed by atoms with E-state index in [1.54, 1.807) is 0 Å². The van der Waals surface area contributed by atoms with Crippen LogP contribution >= 0.6 is 23.1 Å². The van der Waals surface area contributed by atoms with Crippen molar-refractivity contribution in [2.24, 2.45) is 0 Å². The maximum Gasteiger partial charge on any atom is 0.234 e. The first-order valence-electron chi connectivity index (χ1n) is 8.12. The van der Waals surface area contributed by atoms with E-state index in [0.29, 0.717) is 11.9 Å². The van der Waals surface area contributed by atoms with Crippen LogP contribution in [0.25, 0.3) is 15.7 Å². The van der Waals surface area contributed by atoms with Crippen LogP contribution in [0.1, 0.15) is 24.7 Å². The van der Waals surface area contributed by atoms with Crippen LogP contribution in [0.15, 0.2) is 42.5 Å². The maximum atomic E-state index is 5.92. The Labute approximate surface area is 154 Å². The van der Waals surface area contributed by atoms with Crippen molar-refractivity contribution in [2.45, 2.75) is 31.5 Å². The Kier molecular flexibility index (Phi) is 4.59. The van der Waals surface area contributed by atoms with Crippen molar-refractivity contribution in [2.75, 3.05) is 0 Å². The van der Waals surface area contributed by atoms with Gasteiger partial charge >= 0.3 is 0 Å². The molecule has 7 heteroatoms. The molecule has 2 heterocycles. The number of rotatable bonds is 6. The predicted molar refractivity (Wildman–Crippen MR) is 103 cm³/mol. The van der Waals surface area contributed by atoms with Crippen molar-refractivity contribution >= 4 is 38.8 Å². The van der Waals surface area contributed by atoms with E-state index in [4.69, 9.17) is 4.74 Å². The van der Waals surface area contributed by atoms with Gasteiger partial charge in [-0.05, 0) is 28.2 Å². The number of hydrogen-bond acceptors (Lipinski definition) is 6. The van der Waals surface area contributed by atoms with Gasteiger partial charge in [-0.15, -0.1) is 10.2 Å². The Morgan fingerprint density at radius 1 is 1.12 bits per heavy atom. The summed E-state index contributed by atoms with van der Waals surface area (Å²) in [5, 5.41) is 16.9. The van der Waals surface area contributed by atoms with Crippen molar-refractivity contribution in [1.29, 1.82) is 0 Å². The molecule has 0 aliphatic heterocycles. The Balaban J connectivity index is 1.48. The lowest BCUT2D eigenvalue weighted by Crippen LogP contribution is -1.99. The molecule has 0 spiro atoms. The van der Waals surface area contributed by atoms with Crippen LogP contribution in [0, 0.1) is 0 Å². The van der Waals surface area contributed by atoms with Crippen LogP contribution in [0.5, 0.6) is 5.75 Å². The molecule has 0 unspecified atom stereocenters. The Bertz CT molecular complexity index is 1010. The largest absolute Gasteiger partial charge is 0.486 e. The summed E-state index contributed by atoms with van der Waals surface area (Å²) in [7, 11) is 0. The number of ether oxygens (including phenoxy) is 1. The number of thioether (sulfide) groups is 1. The van der Waals surface area contributed by atoms with Crippen LogP contribution in [0.3, 0.4) is 0 Å². The standard InChI is InChI=1S/C18H18N4OS2/c1-12(2)24-11-16-19-20-18-22(16)21-17(25-18)10-23-15-8-7-13-5-3-4-6-14(13)9-15/h3-9,12H,10-11H2,1-2H3. The summed E-state index contributed by atoms with van der Waals surface area (Å²) < 4.78 is 7.75. The summed E-state index contributed by atoms with van der Waals surface area (Å²) in [4.78, 5) is 0.816. The topological polar surface area (TPSA) is 52.3 Å². The molecule has 0 aliphatic rings. The fourth-order valence-electron chi connectivity index (χ4n) is 2.49. The van der Waals surface area contributed by atoms with E-state index in [2.05, 4.69) is 53.4 Å². The molecule has 128 valence electrons. The van der Waals surface area contributed by atoms with Crippen molar-refractivity contribution in [3.63, 3.8) is 0 Å². The lowest BCUT2D eigenvalue weighted by molar-refractivity contribution is 0.304. The summed E-state index contributed by atoms with van der Waals surface area (Å²) >= 11 is 3.35. The minimum Gasteiger partial charge on any atom is -0.486 e. The van der Waals surface area contributed by atoms with Crippen LogP contribution in [0.2, 0.25) is 0 Å². The van der Waals surface area contributed by atoms with Gasteiger partial charge in [0.1, 0.15) is 12.4 Å². The van der Waals surface area contributed by atoms with Gasteiger partial charge in [-0.3, -0.25) is 0 Å². The van der Waals surface area contributed by atoms with Crippen molar-refractivity contribution in [1.82, 2.24) is 19.8 Å². The van der Waals surface area contributed by atoms with Crippen LogP contribution in [-0.2, 0) is 12.4 Å². The molecule has 2 aromatic heterocycles. The maximum absolute atomic E-state index is 5.92. The number of aromatic nitrogens is 4. The highest BCUT2D eigenvalue weighted by molar-refractivity contribution is 7.99. The molecule has 25 heavy (non-hydrogen) atoms. The summed E-state index contributed by atoms with van der Waals surface area (Å²) in [5.41, 5.74) is 0. The lowest BCUT2D eigenvalue weighted by Gasteiger charge is -2.05. The number of hydrogen-bond donors (Lipinski definition) is 0. The summed E-state index contributed by atoms with van der Waals surface area (Å²) in [6.45, 7) is 4.78. The molecule has 0 aliphatic carbocycles. The van der Waals surface area contributed by atoms with Gasteiger partial charge in [0.25, 0.3) is 0 Å². The molecule has 0 fully saturated rings. The Hall–Kier alpha value is -2.12. The molecule has 4 rings (SSSR count). The SMILES string of the molecule is CC(C)SCc1nnc2sc(COc3ccc4ccccc4c3)nn12. The van der Waals surface area contributed by atoms with Crippen molar-refractivity contribution in [3.05, 3.63) is 53.3 Å². The second-order valence-electron chi connectivity index (χ2n) is 5.96. The van der Waals surface area contributed by atoms with E-state index in [-0.39, 0.29) is 0 Å². The highest BCUT2D eigenvalue weighted by Gasteiger charge is 2.12. The molecule has 2 aromatic carbocycles. The third kappa shape index (κ3) is 3.62. The average molecular weight is 371 g/mol. The summed E-state index contributed by atoms with van der Waals surface area (Å²) in [6.07, 6.45) is 0. The fourth-order valence-corrected chi connectivity index (χ4v) is 3.92. The van der Waals surface area contributed by atoms with E-state index in [1.165, 1.54) is 22.1 Å². The molecule has 0 amide bonds. The first-order chi connectivity index (χ1) is 12.2. The second kappa shape index (κ2) is 7.01. The first-order valence-corrected chi connectivity index (χ1v) is 9.99. The lowest BCUT2D eigenvalue weighted by atomic mass is 10.1. The Morgan fingerprint density at radius 2 is 1.96 bits per heavy atom. The molecule has 0 bridgehead atoms. The zero-order chi connectivity index (χ0) is 17.2.